The van der Waals surface area contributed by atoms with Crippen molar-refractivity contribution >= 4 is 13.2 Å². The zero-order valence-corrected chi connectivity index (χ0v) is 19.2. The van der Waals surface area contributed by atoms with Gasteiger partial charge < -0.3 is 24.7 Å². The van der Waals surface area contributed by atoms with Gasteiger partial charge in [0.2, 0.25) is 0 Å². The lowest BCUT2D eigenvalue weighted by atomic mass is 9.43. The van der Waals surface area contributed by atoms with Gasteiger partial charge in [-0.3, -0.25) is 0 Å². The van der Waals surface area contributed by atoms with Crippen molar-refractivity contribution in [2.45, 2.75) is 76.6 Å². The fourth-order valence-corrected chi connectivity index (χ4v) is 6.42. The van der Waals surface area contributed by atoms with E-state index in [4.69, 9.17) is 14.0 Å². The molecule has 2 saturated heterocycles. The van der Waals surface area contributed by atoms with Crippen LogP contribution in [0.5, 0.6) is 0 Å². The number of alkyl carbamates (subject to hydrolysis) is 1. The molecule has 0 radical (unpaired) electrons. The van der Waals surface area contributed by atoms with Gasteiger partial charge in [-0.2, -0.15) is 0 Å². The summed E-state index contributed by atoms with van der Waals surface area (Å²) in [5.74, 6) is 0.388. The summed E-state index contributed by atoms with van der Waals surface area (Å²) < 4.78 is 32.1. The Morgan fingerprint density at radius 3 is 2.78 bits per heavy atom. The van der Waals surface area contributed by atoms with Crippen molar-refractivity contribution in [2.24, 2.45) is 17.3 Å². The quantitative estimate of drug-likeness (QED) is 0.681. The van der Waals surface area contributed by atoms with Crippen LogP contribution >= 0.6 is 0 Å². The lowest BCUT2D eigenvalue weighted by molar-refractivity contribution is -0.199. The van der Waals surface area contributed by atoms with Crippen LogP contribution in [-0.4, -0.2) is 50.1 Å². The third kappa shape index (κ3) is 3.95. The van der Waals surface area contributed by atoms with E-state index in [1.54, 1.807) is 12.1 Å². The van der Waals surface area contributed by atoms with E-state index in [1.165, 1.54) is 18.6 Å². The van der Waals surface area contributed by atoms with Crippen LogP contribution in [0.2, 0.25) is 0 Å². The molecule has 3 saturated carbocycles. The highest BCUT2D eigenvalue weighted by Gasteiger charge is 2.68. The third-order valence-corrected chi connectivity index (χ3v) is 8.49. The maximum absolute atomic E-state index is 13.4. The molecular formula is C24H34BFN2O4. The highest BCUT2D eigenvalue weighted by Crippen LogP contribution is 2.65. The second kappa shape index (κ2) is 8.30. The van der Waals surface area contributed by atoms with Gasteiger partial charge in [0.25, 0.3) is 0 Å². The van der Waals surface area contributed by atoms with Gasteiger partial charge >= 0.3 is 13.2 Å². The van der Waals surface area contributed by atoms with Crippen LogP contribution in [-0.2, 0) is 20.5 Å². The SMILES string of the molecule is CC1(C)C2CC1[C@]1(C)OB(C(Cc3ccc(F)cc3)NC(=O)OC3CCCNC3)O[C@@H]1C2. The van der Waals surface area contributed by atoms with E-state index in [0.717, 1.165) is 31.4 Å². The zero-order valence-electron chi connectivity index (χ0n) is 19.2. The molecule has 2 bridgehead atoms. The molecule has 2 N–H and O–H groups in total. The predicted octanol–water partition coefficient (Wildman–Crippen LogP) is 3.48. The minimum Gasteiger partial charge on any atom is -0.445 e. The van der Waals surface area contributed by atoms with Crippen molar-refractivity contribution < 1.29 is 23.2 Å². The Hall–Kier alpha value is -1.64. The van der Waals surface area contributed by atoms with Crippen LogP contribution in [0.3, 0.4) is 0 Å². The van der Waals surface area contributed by atoms with Gasteiger partial charge in [0.05, 0.1) is 17.6 Å². The summed E-state index contributed by atoms with van der Waals surface area (Å²) in [7, 11) is -0.567. The van der Waals surface area contributed by atoms with Crippen LogP contribution in [0.4, 0.5) is 9.18 Å². The first-order valence-corrected chi connectivity index (χ1v) is 12.0. The van der Waals surface area contributed by atoms with Crippen LogP contribution < -0.4 is 10.6 Å². The normalized spacial score (nSPS) is 36.1. The Labute approximate surface area is 190 Å². The Kier molecular flexibility index (Phi) is 5.75. The average Bonchev–Trinajstić information content (AvgIpc) is 3.12. The minimum atomic E-state index is -0.567. The van der Waals surface area contributed by atoms with E-state index in [9.17, 15) is 9.18 Å². The summed E-state index contributed by atoms with van der Waals surface area (Å²) in [5, 5.41) is 6.27. The second-order valence-corrected chi connectivity index (χ2v) is 10.8. The molecule has 6 atom stereocenters. The number of benzene rings is 1. The molecule has 0 aromatic heterocycles. The molecular weight excluding hydrogens is 410 g/mol. The lowest BCUT2D eigenvalue weighted by Crippen LogP contribution is -2.65. The van der Waals surface area contributed by atoms with Gasteiger partial charge in [-0.1, -0.05) is 26.0 Å². The van der Waals surface area contributed by atoms with Gasteiger partial charge in [0, 0.05) is 6.54 Å². The number of amides is 1. The monoisotopic (exact) mass is 444 g/mol. The van der Waals surface area contributed by atoms with Crippen molar-refractivity contribution in [3.05, 3.63) is 35.6 Å². The third-order valence-electron chi connectivity index (χ3n) is 8.49. The van der Waals surface area contributed by atoms with E-state index in [2.05, 4.69) is 31.4 Å². The molecule has 1 aromatic carbocycles. The van der Waals surface area contributed by atoms with E-state index in [-0.39, 0.29) is 29.0 Å². The van der Waals surface area contributed by atoms with Gasteiger partial charge in [-0.15, -0.1) is 0 Å². The largest absolute Gasteiger partial charge is 0.482 e. The molecule has 2 aliphatic heterocycles. The first-order chi connectivity index (χ1) is 15.3. The molecule has 6 rings (SSSR count). The van der Waals surface area contributed by atoms with Crippen LogP contribution in [0.15, 0.2) is 24.3 Å². The van der Waals surface area contributed by atoms with Gasteiger partial charge in [-0.05, 0) is 80.5 Å². The van der Waals surface area contributed by atoms with Crippen molar-refractivity contribution in [3.8, 4) is 0 Å². The van der Waals surface area contributed by atoms with E-state index < -0.39 is 19.2 Å². The molecule has 5 aliphatic rings. The first kappa shape index (κ1) is 22.2. The number of hydrogen-bond donors (Lipinski definition) is 2. The molecule has 0 spiro atoms. The topological polar surface area (TPSA) is 68.8 Å². The fraction of sp³-hybridized carbons (Fsp3) is 0.708. The van der Waals surface area contributed by atoms with E-state index >= 15 is 0 Å². The number of nitrogens with one attached hydrogen (secondary N) is 2. The molecule has 174 valence electrons. The maximum Gasteiger partial charge on any atom is 0.482 e. The number of carbonyl (C=O) groups is 1. The van der Waals surface area contributed by atoms with Crippen LogP contribution in [0, 0.1) is 23.1 Å². The molecule has 1 aromatic rings. The number of piperidine rings is 1. The molecule has 4 unspecified atom stereocenters. The Balaban J connectivity index is 1.31. The number of rotatable bonds is 5. The summed E-state index contributed by atoms with van der Waals surface area (Å²) in [5.41, 5.74) is 0.798. The summed E-state index contributed by atoms with van der Waals surface area (Å²) in [4.78, 5) is 12.8. The van der Waals surface area contributed by atoms with Crippen molar-refractivity contribution in [1.82, 2.24) is 10.6 Å². The molecule has 3 aliphatic carbocycles. The number of hydrogen-bond acceptors (Lipinski definition) is 5. The summed E-state index contributed by atoms with van der Waals surface area (Å²) in [6.07, 6.45) is 3.92. The van der Waals surface area contributed by atoms with Crippen LogP contribution in [0.1, 0.15) is 52.0 Å². The van der Waals surface area contributed by atoms with Crippen molar-refractivity contribution in [3.63, 3.8) is 0 Å². The molecule has 6 nitrogen and oxygen atoms in total. The Bertz CT molecular complexity index is 847. The fourth-order valence-electron chi connectivity index (χ4n) is 6.42. The Morgan fingerprint density at radius 2 is 2.09 bits per heavy atom. The van der Waals surface area contributed by atoms with Gasteiger partial charge in [-0.25, -0.2) is 9.18 Å². The highest BCUT2D eigenvalue weighted by molar-refractivity contribution is 6.47. The molecule has 5 fully saturated rings. The smallest absolute Gasteiger partial charge is 0.445 e. The zero-order chi connectivity index (χ0) is 22.5. The van der Waals surface area contributed by atoms with Crippen molar-refractivity contribution in [1.29, 1.82) is 0 Å². The first-order valence-electron chi connectivity index (χ1n) is 12.0. The standard InChI is InChI=1S/C24H34BFN2O4/c1-23(2)16-12-19(23)24(3)20(13-16)31-25(32-24)21(11-15-6-8-17(26)9-7-15)28-22(29)30-18-5-4-10-27-14-18/h6-9,16,18-21,27H,4-5,10-14H2,1-3H3,(H,28,29)/t16?,18?,19?,20-,21?,24+/m1/s1. The van der Waals surface area contributed by atoms with Gasteiger partial charge in [0.1, 0.15) is 11.9 Å². The molecule has 8 heteroatoms. The minimum absolute atomic E-state index is 0.0281. The van der Waals surface area contributed by atoms with E-state index in [0.29, 0.717) is 24.8 Å². The van der Waals surface area contributed by atoms with Crippen molar-refractivity contribution in [2.75, 3.05) is 13.1 Å². The number of carbonyl (C=O) groups excluding carboxylic acids is 1. The van der Waals surface area contributed by atoms with Gasteiger partial charge in [0.15, 0.2) is 0 Å². The van der Waals surface area contributed by atoms with Crippen LogP contribution in [0.25, 0.3) is 0 Å². The summed E-state index contributed by atoms with van der Waals surface area (Å²) in [6.45, 7) is 8.45. The predicted molar refractivity (Wildman–Crippen MR) is 120 cm³/mol. The summed E-state index contributed by atoms with van der Waals surface area (Å²) in [6, 6.07) is 6.36. The molecule has 1 amide bonds. The average molecular weight is 444 g/mol. The maximum atomic E-state index is 13.4. The summed E-state index contributed by atoms with van der Waals surface area (Å²) >= 11 is 0. The lowest BCUT2D eigenvalue weighted by Gasteiger charge is -2.64. The second-order valence-electron chi connectivity index (χ2n) is 10.8. The molecule has 2 heterocycles. The van der Waals surface area contributed by atoms with E-state index in [1.807, 2.05) is 0 Å². The number of ether oxygens (including phenoxy) is 1. The highest BCUT2D eigenvalue weighted by atomic mass is 19.1. The number of halogens is 1. The molecule has 32 heavy (non-hydrogen) atoms. The Morgan fingerprint density at radius 1 is 1.31 bits per heavy atom.